The van der Waals surface area contributed by atoms with E-state index in [9.17, 15) is 4.79 Å². The molecule has 2 aromatic carbocycles. The van der Waals surface area contributed by atoms with Gasteiger partial charge in [-0.3, -0.25) is 4.79 Å². The number of carbonyl (C=O) groups is 1. The summed E-state index contributed by atoms with van der Waals surface area (Å²) in [7, 11) is 0. The van der Waals surface area contributed by atoms with Gasteiger partial charge in [0, 0.05) is 39.5 Å². The fourth-order valence-electron chi connectivity index (χ4n) is 3.80. The molecule has 2 aromatic heterocycles. The highest BCUT2D eigenvalue weighted by atomic mass is 32.2. The van der Waals surface area contributed by atoms with E-state index in [4.69, 9.17) is 5.84 Å². The summed E-state index contributed by atoms with van der Waals surface area (Å²) in [5.74, 6) is 6.73. The summed E-state index contributed by atoms with van der Waals surface area (Å²) in [6.07, 6.45) is 0. The number of nitrogens with one attached hydrogen (secondary N) is 1. The average molecular weight is 437 g/mol. The van der Waals surface area contributed by atoms with Gasteiger partial charge in [-0.05, 0) is 38.1 Å². The van der Waals surface area contributed by atoms with Crippen LogP contribution in [0.2, 0.25) is 0 Å². The van der Waals surface area contributed by atoms with Crippen LogP contribution >= 0.6 is 11.8 Å². The normalized spacial score (nSPS) is 13.1. The Balaban J connectivity index is 1.56. The van der Waals surface area contributed by atoms with Crippen LogP contribution in [-0.4, -0.2) is 30.6 Å². The van der Waals surface area contributed by atoms with Crippen molar-refractivity contribution in [2.24, 2.45) is 0 Å². The number of hydrogen-bond acceptors (Lipinski definition) is 5. The van der Waals surface area contributed by atoms with E-state index in [1.165, 1.54) is 27.3 Å². The molecule has 0 fully saturated rings. The third-order valence-corrected chi connectivity index (χ3v) is 6.40. The lowest BCUT2D eigenvalue weighted by molar-refractivity contribution is -0.115. The van der Waals surface area contributed by atoms with Crippen molar-refractivity contribution < 1.29 is 4.79 Å². The first-order valence-electron chi connectivity index (χ1n) is 10.4. The van der Waals surface area contributed by atoms with E-state index in [0.717, 1.165) is 23.1 Å². The predicted octanol–water partition coefficient (Wildman–Crippen LogP) is 4.54. The molecule has 0 unspecified atom stereocenters. The van der Waals surface area contributed by atoms with Gasteiger partial charge >= 0.3 is 0 Å². The maximum Gasteiger partial charge on any atom is 0.237 e. The Morgan fingerprint density at radius 2 is 1.84 bits per heavy atom. The Kier molecular flexibility index (Phi) is 5.43. The van der Waals surface area contributed by atoms with E-state index in [1.807, 2.05) is 45.9 Å². The molecule has 0 saturated heterocycles. The van der Waals surface area contributed by atoms with Crippen LogP contribution in [0.1, 0.15) is 40.4 Å². The van der Waals surface area contributed by atoms with E-state index in [-0.39, 0.29) is 16.6 Å². The van der Waals surface area contributed by atoms with Gasteiger partial charge in [0.1, 0.15) is 0 Å². The Labute approximate surface area is 186 Å². The quantitative estimate of drug-likeness (QED) is 0.354. The molecule has 8 heteroatoms. The summed E-state index contributed by atoms with van der Waals surface area (Å²) in [4.78, 5) is 12.9. The fourth-order valence-corrected chi connectivity index (χ4v) is 4.57. The third kappa shape index (κ3) is 3.87. The number of aryl methyl sites for hydroxylation is 1. The number of nitrogens with two attached hydrogens (primary N) is 1. The molecule has 1 atom stereocenters. The number of nitrogens with zero attached hydrogens (tertiary/aromatic N) is 4. The molecule has 4 rings (SSSR count). The van der Waals surface area contributed by atoms with E-state index >= 15 is 0 Å². The lowest BCUT2D eigenvalue weighted by Gasteiger charge is -2.17. The Hall–Kier alpha value is -3.00. The zero-order chi connectivity index (χ0) is 22.3. The second-order valence-electron chi connectivity index (χ2n) is 8.67. The molecule has 3 N–H and O–H groups in total. The van der Waals surface area contributed by atoms with Gasteiger partial charge in [0.25, 0.3) is 0 Å². The van der Waals surface area contributed by atoms with Crippen molar-refractivity contribution in [2.45, 2.75) is 57.0 Å². The first kappa shape index (κ1) is 21.2. The SMILES string of the molecule is CCn1c2ccccc2c2cc(NC(=O)[C@H](C)Sc3nnc(C(C)(C)C)n3N)ccc21. The van der Waals surface area contributed by atoms with Gasteiger partial charge in [-0.1, -0.05) is 50.7 Å². The number of rotatable bonds is 5. The van der Waals surface area contributed by atoms with Crippen LogP contribution < -0.4 is 11.2 Å². The summed E-state index contributed by atoms with van der Waals surface area (Å²) in [5.41, 5.74) is 2.91. The third-order valence-electron chi connectivity index (χ3n) is 5.34. The monoisotopic (exact) mass is 436 g/mol. The smallest absolute Gasteiger partial charge is 0.237 e. The van der Waals surface area contributed by atoms with Crippen molar-refractivity contribution in [1.29, 1.82) is 0 Å². The van der Waals surface area contributed by atoms with Crippen molar-refractivity contribution >= 4 is 45.2 Å². The van der Waals surface area contributed by atoms with Gasteiger partial charge in [0.15, 0.2) is 5.82 Å². The number of nitrogen functional groups attached to an aromatic ring is 1. The topological polar surface area (TPSA) is 90.8 Å². The van der Waals surface area contributed by atoms with Gasteiger partial charge in [-0.15, -0.1) is 10.2 Å². The number of fused-ring (bicyclic) bond motifs is 3. The van der Waals surface area contributed by atoms with Crippen LogP contribution in [0.25, 0.3) is 21.8 Å². The summed E-state index contributed by atoms with van der Waals surface area (Å²) >= 11 is 1.30. The summed E-state index contributed by atoms with van der Waals surface area (Å²) in [6, 6.07) is 14.4. The molecule has 4 aromatic rings. The first-order chi connectivity index (χ1) is 14.7. The van der Waals surface area contributed by atoms with Crippen molar-refractivity contribution in [3.8, 4) is 0 Å². The molecular formula is C23H28N6OS. The summed E-state index contributed by atoms with van der Waals surface area (Å²) in [5, 5.41) is 13.8. The maximum absolute atomic E-state index is 12.9. The molecule has 0 spiro atoms. The zero-order valence-electron chi connectivity index (χ0n) is 18.5. The van der Waals surface area contributed by atoms with Gasteiger partial charge in [-0.2, -0.15) is 0 Å². The Morgan fingerprint density at radius 1 is 1.13 bits per heavy atom. The molecule has 0 saturated carbocycles. The molecule has 31 heavy (non-hydrogen) atoms. The minimum atomic E-state index is -0.382. The number of para-hydroxylation sites is 1. The van der Waals surface area contributed by atoms with Crippen LogP contribution in [0.4, 0.5) is 5.69 Å². The highest BCUT2D eigenvalue weighted by molar-refractivity contribution is 8.00. The number of carbonyl (C=O) groups excluding carboxylic acids is 1. The summed E-state index contributed by atoms with van der Waals surface area (Å²) < 4.78 is 3.76. The van der Waals surface area contributed by atoms with E-state index in [1.54, 1.807) is 0 Å². The molecular weight excluding hydrogens is 408 g/mol. The highest BCUT2D eigenvalue weighted by Gasteiger charge is 2.25. The second-order valence-corrected chi connectivity index (χ2v) is 9.98. The number of aromatic nitrogens is 4. The van der Waals surface area contributed by atoms with Crippen LogP contribution in [0.15, 0.2) is 47.6 Å². The van der Waals surface area contributed by atoms with Crippen molar-refractivity contribution in [3.05, 3.63) is 48.3 Å². The van der Waals surface area contributed by atoms with E-state index in [2.05, 4.69) is 51.3 Å². The van der Waals surface area contributed by atoms with Crippen LogP contribution in [0.3, 0.4) is 0 Å². The standard InChI is InChI=1S/C23H28N6OS/c1-6-28-18-10-8-7-9-16(18)17-13-15(11-12-19(17)28)25-20(30)14(2)31-22-27-26-21(29(22)24)23(3,4)5/h7-14H,6,24H2,1-5H3,(H,25,30)/t14-/m0/s1. The number of thioether (sulfide) groups is 1. The van der Waals surface area contributed by atoms with Gasteiger partial charge in [0.2, 0.25) is 11.1 Å². The molecule has 1 amide bonds. The van der Waals surface area contributed by atoms with Crippen LogP contribution in [-0.2, 0) is 16.8 Å². The average Bonchev–Trinajstić information content (AvgIpc) is 3.25. The van der Waals surface area contributed by atoms with Gasteiger partial charge < -0.3 is 15.7 Å². The molecule has 0 bridgehead atoms. The molecule has 0 aliphatic heterocycles. The molecule has 0 radical (unpaired) electrons. The van der Waals surface area contributed by atoms with E-state index in [0.29, 0.717) is 11.0 Å². The van der Waals surface area contributed by atoms with Gasteiger partial charge in [0.05, 0.1) is 5.25 Å². The number of benzene rings is 2. The van der Waals surface area contributed by atoms with Gasteiger partial charge in [-0.25, -0.2) is 4.68 Å². The summed E-state index contributed by atoms with van der Waals surface area (Å²) in [6.45, 7) is 10.9. The molecule has 2 heterocycles. The van der Waals surface area contributed by atoms with E-state index < -0.39 is 0 Å². The van der Waals surface area contributed by atoms with Crippen molar-refractivity contribution in [1.82, 2.24) is 19.4 Å². The Morgan fingerprint density at radius 3 is 2.52 bits per heavy atom. The molecule has 162 valence electrons. The lowest BCUT2D eigenvalue weighted by atomic mass is 9.96. The number of hydrogen-bond donors (Lipinski definition) is 2. The molecule has 0 aliphatic rings. The largest absolute Gasteiger partial charge is 0.341 e. The Bertz CT molecular complexity index is 1270. The second kappa shape index (κ2) is 7.92. The van der Waals surface area contributed by atoms with Crippen LogP contribution in [0, 0.1) is 0 Å². The number of anilines is 1. The van der Waals surface area contributed by atoms with Crippen molar-refractivity contribution in [2.75, 3.05) is 11.2 Å². The lowest BCUT2D eigenvalue weighted by Crippen LogP contribution is -2.26. The molecule has 0 aliphatic carbocycles. The number of amides is 1. The van der Waals surface area contributed by atoms with Crippen molar-refractivity contribution in [3.63, 3.8) is 0 Å². The minimum Gasteiger partial charge on any atom is -0.341 e. The zero-order valence-corrected chi connectivity index (χ0v) is 19.3. The molecule has 7 nitrogen and oxygen atoms in total. The fraction of sp³-hybridized carbons (Fsp3) is 0.348. The predicted molar refractivity (Wildman–Crippen MR) is 128 cm³/mol. The highest BCUT2D eigenvalue weighted by Crippen LogP contribution is 2.31. The van der Waals surface area contributed by atoms with Crippen LogP contribution in [0.5, 0.6) is 0 Å². The maximum atomic E-state index is 12.9. The minimum absolute atomic E-state index is 0.108. The first-order valence-corrected chi connectivity index (χ1v) is 11.3.